The molecular weight excluding hydrogens is 188 g/mol. The Morgan fingerprint density at radius 1 is 1.27 bits per heavy atom. The fourth-order valence-corrected chi connectivity index (χ4v) is 2.53. The zero-order valence-corrected chi connectivity index (χ0v) is 8.99. The molecule has 2 saturated carbocycles. The molecule has 2 aliphatic carbocycles. The molecule has 0 amide bonds. The predicted octanol–water partition coefficient (Wildman–Crippen LogP) is 1.61. The van der Waals surface area contributed by atoms with Crippen molar-refractivity contribution in [2.45, 2.75) is 36.6 Å². The van der Waals surface area contributed by atoms with Gasteiger partial charge in [0.1, 0.15) is 5.75 Å². The van der Waals surface area contributed by atoms with Crippen LogP contribution in [0.2, 0.25) is 0 Å². The zero-order valence-electron chi connectivity index (χ0n) is 8.99. The van der Waals surface area contributed by atoms with Crippen LogP contribution in [-0.2, 0) is 5.41 Å². The summed E-state index contributed by atoms with van der Waals surface area (Å²) in [5.41, 5.74) is 7.72. The van der Waals surface area contributed by atoms with Crippen molar-refractivity contribution in [1.29, 1.82) is 0 Å². The van der Waals surface area contributed by atoms with Crippen molar-refractivity contribution in [2.75, 3.05) is 7.11 Å². The Labute approximate surface area is 89.6 Å². The van der Waals surface area contributed by atoms with Gasteiger partial charge in [-0.05, 0) is 37.8 Å². The molecule has 3 nitrogen and oxygen atoms in total. The van der Waals surface area contributed by atoms with Crippen molar-refractivity contribution in [3.8, 4) is 5.75 Å². The third kappa shape index (κ3) is 1.19. The molecule has 0 unspecified atom stereocenters. The van der Waals surface area contributed by atoms with Gasteiger partial charge < -0.3 is 10.5 Å². The molecule has 1 aromatic heterocycles. The molecule has 1 aromatic rings. The van der Waals surface area contributed by atoms with E-state index in [1.54, 1.807) is 13.3 Å². The van der Waals surface area contributed by atoms with E-state index in [9.17, 15) is 0 Å². The van der Waals surface area contributed by atoms with Gasteiger partial charge in [0.15, 0.2) is 0 Å². The molecule has 0 bridgehead atoms. The first-order valence-electron chi connectivity index (χ1n) is 5.50. The molecule has 1 heterocycles. The second-order valence-corrected chi connectivity index (χ2v) is 4.82. The number of rotatable bonds is 3. The van der Waals surface area contributed by atoms with E-state index in [1.165, 1.54) is 12.8 Å². The number of pyridine rings is 1. The first kappa shape index (κ1) is 9.16. The third-order valence-corrected chi connectivity index (χ3v) is 3.95. The van der Waals surface area contributed by atoms with E-state index in [1.807, 2.05) is 6.07 Å². The van der Waals surface area contributed by atoms with Gasteiger partial charge in [0.25, 0.3) is 0 Å². The van der Waals surface area contributed by atoms with Crippen LogP contribution in [0, 0.1) is 0 Å². The van der Waals surface area contributed by atoms with E-state index in [2.05, 4.69) is 11.1 Å². The predicted molar refractivity (Wildman–Crippen MR) is 57.9 cm³/mol. The first-order chi connectivity index (χ1) is 7.20. The Balaban J connectivity index is 1.93. The molecule has 0 atom stereocenters. The molecule has 0 saturated heterocycles. The van der Waals surface area contributed by atoms with Crippen LogP contribution in [0.4, 0.5) is 0 Å². The second kappa shape index (κ2) is 2.73. The van der Waals surface area contributed by atoms with E-state index < -0.39 is 0 Å². The minimum Gasteiger partial charge on any atom is -0.495 e. The van der Waals surface area contributed by atoms with Crippen molar-refractivity contribution in [3.05, 3.63) is 24.0 Å². The lowest BCUT2D eigenvalue weighted by atomic mass is 9.90. The van der Waals surface area contributed by atoms with E-state index in [-0.39, 0.29) is 11.0 Å². The molecule has 2 aliphatic rings. The summed E-state index contributed by atoms with van der Waals surface area (Å²) >= 11 is 0. The number of aromatic nitrogens is 1. The van der Waals surface area contributed by atoms with Crippen LogP contribution in [0.1, 0.15) is 31.4 Å². The van der Waals surface area contributed by atoms with Gasteiger partial charge in [-0.3, -0.25) is 4.98 Å². The van der Waals surface area contributed by atoms with Crippen molar-refractivity contribution in [2.24, 2.45) is 5.73 Å². The highest BCUT2D eigenvalue weighted by Crippen LogP contribution is 2.63. The van der Waals surface area contributed by atoms with Crippen LogP contribution in [0.25, 0.3) is 0 Å². The van der Waals surface area contributed by atoms with Crippen LogP contribution in [0.3, 0.4) is 0 Å². The van der Waals surface area contributed by atoms with Gasteiger partial charge in [0, 0.05) is 16.6 Å². The Hall–Kier alpha value is -1.09. The highest BCUT2D eigenvalue weighted by atomic mass is 16.5. The third-order valence-electron chi connectivity index (χ3n) is 3.95. The zero-order chi connectivity index (χ0) is 10.5. The molecule has 2 N–H and O–H groups in total. The summed E-state index contributed by atoms with van der Waals surface area (Å²) < 4.78 is 5.11. The van der Waals surface area contributed by atoms with Gasteiger partial charge in [-0.25, -0.2) is 0 Å². The van der Waals surface area contributed by atoms with Crippen molar-refractivity contribution >= 4 is 0 Å². The summed E-state index contributed by atoms with van der Waals surface area (Å²) in [6.45, 7) is 0. The van der Waals surface area contributed by atoms with Gasteiger partial charge in [-0.15, -0.1) is 0 Å². The van der Waals surface area contributed by atoms with Gasteiger partial charge >= 0.3 is 0 Å². The minimum absolute atomic E-state index is 0.0502. The van der Waals surface area contributed by atoms with Crippen LogP contribution < -0.4 is 10.5 Å². The van der Waals surface area contributed by atoms with Crippen molar-refractivity contribution < 1.29 is 4.74 Å². The molecular formula is C12H16N2O. The molecule has 0 aliphatic heterocycles. The summed E-state index contributed by atoms with van der Waals surface area (Å²) in [6.07, 6.45) is 6.49. The lowest BCUT2D eigenvalue weighted by Crippen LogP contribution is -2.37. The molecule has 2 fully saturated rings. The van der Waals surface area contributed by atoms with Gasteiger partial charge in [0.05, 0.1) is 13.3 Å². The highest BCUT2D eigenvalue weighted by Gasteiger charge is 2.64. The Morgan fingerprint density at radius 3 is 2.40 bits per heavy atom. The number of hydrogen-bond acceptors (Lipinski definition) is 3. The summed E-state index contributed by atoms with van der Waals surface area (Å²) in [6, 6.07) is 4.05. The van der Waals surface area contributed by atoms with E-state index in [4.69, 9.17) is 10.5 Å². The van der Waals surface area contributed by atoms with E-state index in [0.717, 1.165) is 24.3 Å². The Morgan fingerprint density at radius 2 is 2.00 bits per heavy atom. The smallest absolute Gasteiger partial charge is 0.137 e. The number of ether oxygens (including phenoxy) is 1. The first-order valence-corrected chi connectivity index (χ1v) is 5.50. The topological polar surface area (TPSA) is 48.1 Å². The summed E-state index contributed by atoms with van der Waals surface area (Å²) in [7, 11) is 1.66. The van der Waals surface area contributed by atoms with Gasteiger partial charge in [-0.2, -0.15) is 0 Å². The van der Waals surface area contributed by atoms with Crippen LogP contribution >= 0.6 is 0 Å². The quantitative estimate of drug-likeness (QED) is 0.813. The molecule has 0 radical (unpaired) electrons. The average molecular weight is 204 g/mol. The number of nitrogens with two attached hydrogens (primary N) is 1. The van der Waals surface area contributed by atoms with Gasteiger partial charge in [0.2, 0.25) is 0 Å². The molecule has 3 rings (SSSR count). The number of hydrogen-bond donors (Lipinski definition) is 1. The van der Waals surface area contributed by atoms with Crippen LogP contribution in [0.15, 0.2) is 18.3 Å². The van der Waals surface area contributed by atoms with Crippen LogP contribution in [0.5, 0.6) is 5.75 Å². The summed E-state index contributed by atoms with van der Waals surface area (Å²) in [4.78, 5) is 4.49. The normalized spacial score (nSPS) is 24.7. The van der Waals surface area contributed by atoms with Crippen LogP contribution in [-0.4, -0.2) is 17.6 Å². The Bertz CT molecular complexity index is 377. The van der Waals surface area contributed by atoms with Crippen molar-refractivity contribution in [1.82, 2.24) is 4.98 Å². The molecule has 0 spiro atoms. The molecule has 80 valence electrons. The maximum Gasteiger partial charge on any atom is 0.137 e. The second-order valence-electron chi connectivity index (χ2n) is 4.82. The number of methoxy groups -OCH3 is 1. The summed E-state index contributed by atoms with van der Waals surface area (Å²) in [5.74, 6) is 0.816. The van der Waals surface area contributed by atoms with Crippen molar-refractivity contribution in [3.63, 3.8) is 0 Å². The average Bonchev–Trinajstić information content (AvgIpc) is 3.13. The van der Waals surface area contributed by atoms with E-state index >= 15 is 0 Å². The monoisotopic (exact) mass is 204 g/mol. The minimum atomic E-state index is 0.0502. The standard InChI is InChI=1S/C12H16N2O/c1-15-9-2-3-10(14-8-9)11(4-5-11)12(13)6-7-12/h2-3,8H,4-7,13H2,1H3. The fraction of sp³-hybridized carbons (Fsp3) is 0.583. The molecule has 3 heteroatoms. The highest BCUT2D eigenvalue weighted by molar-refractivity contribution is 5.38. The largest absolute Gasteiger partial charge is 0.495 e. The van der Waals surface area contributed by atoms with E-state index in [0.29, 0.717) is 0 Å². The SMILES string of the molecule is COc1ccc(C2(C3(N)CC3)CC2)nc1. The lowest BCUT2D eigenvalue weighted by molar-refractivity contribution is 0.410. The maximum absolute atomic E-state index is 6.32. The fourth-order valence-electron chi connectivity index (χ4n) is 2.53. The molecule has 15 heavy (non-hydrogen) atoms. The molecule has 0 aromatic carbocycles. The van der Waals surface area contributed by atoms with Gasteiger partial charge in [-0.1, -0.05) is 0 Å². The Kier molecular flexibility index (Phi) is 1.67. The lowest BCUT2D eigenvalue weighted by Gasteiger charge is -2.22. The number of nitrogens with zero attached hydrogens (tertiary/aromatic N) is 1. The maximum atomic E-state index is 6.32. The summed E-state index contributed by atoms with van der Waals surface area (Å²) in [5, 5.41) is 0.